The monoisotopic (exact) mass is 310 g/mol. The predicted molar refractivity (Wildman–Crippen MR) is 85.6 cm³/mol. The molecular formula is C16H23FN2OS. The second-order valence-electron chi connectivity index (χ2n) is 5.69. The van der Waals surface area contributed by atoms with Gasteiger partial charge in [-0.05, 0) is 30.4 Å². The number of thioether (sulfide) groups is 1. The van der Waals surface area contributed by atoms with Gasteiger partial charge in [0.05, 0.1) is 6.04 Å². The summed E-state index contributed by atoms with van der Waals surface area (Å²) in [6.07, 6.45) is 2.62. The molecule has 0 spiro atoms. The Labute approximate surface area is 130 Å². The molecule has 3 nitrogen and oxygen atoms in total. The lowest BCUT2D eigenvalue weighted by atomic mass is 10.1. The topological polar surface area (TPSA) is 32.3 Å². The number of carbonyl (C=O) groups is 1. The van der Waals surface area contributed by atoms with Gasteiger partial charge in [0.15, 0.2) is 0 Å². The van der Waals surface area contributed by atoms with Crippen molar-refractivity contribution >= 4 is 17.7 Å². The summed E-state index contributed by atoms with van der Waals surface area (Å²) in [6.45, 7) is 4.69. The predicted octanol–water partition coefficient (Wildman–Crippen LogP) is 3.03. The molecule has 1 aliphatic heterocycles. The maximum absolute atomic E-state index is 14.1. The van der Waals surface area contributed by atoms with Crippen LogP contribution in [-0.4, -0.2) is 35.4 Å². The number of carbonyl (C=O) groups excluding carboxylic acids is 1. The zero-order valence-corrected chi connectivity index (χ0v) is 13.6. The molecule has 0 radical (unpaired) electrons. The molecule has 1 fully saturated rings. The molecule has 0 aliphatic carbocycles. The SMILES string of the molecule is CSCCCN1C(=O)C(C(C)C)NC1c1ccccc1F. The minimum Gasteiger partial charge on any atom is -0.321 e. The van der Waals surface area contributed by atoms with E-state index < -0.39 is 0 Å². The van der Waals surface area contributed by atoms with Gasteiger partial charge in [-0.25, -0.2) is 4.39 Å². The Hall–Kier alpha value is -1.07. The van der Waals surface area contributed by atoms with Gasteiger partial charge in [0.25, 0.3) is 0 Å². The number of halogens is 1. The van der Waals surface area contributed by atoms with Crippen LogP contribution in [0.4, 0.5) is 4.39 Å². The van der Waals surface area contributed by atoms with Gasteiger partial charge >= 0.3 is 0 Å². The van der Waals surface area contributed by atoms with Gasteiger partial charge in [0.2, 0.25) is 5.91 Å². The van der Waals surface area contributed by atoms with Gasteiger partial charge in [-0.2, -0.15) is 11.8 Å². The summed E-state index contributed by atoms with van der Waals surface area (Å²) in [4.78, 5) is 14.4. The van der Waals surface area contributed by atoms with Gasteiger partial charge in [-0.15, -0.1) is 0 Å². The van der Waals surface area contributed by atoms with E-state index in [1.807, 2.05) is 19.9 Å². The zero-order chi connectivity index (χ0) is 15.4. The Morgan fingerprint density at radius 2 is 2.10 bits per heavy atom. The Kier molecular flexibility index (Phi) is 5.65. The van der Waals surface area contributed by atoms with Crippen molar-refractivity contribution in [1.29, 1.82) is 0 Å². The molecule has 5 heteroatoms. The standard InChI is InChI=1S/C16H23FN2OS/c1-11(2)14-16(20)19(9-6-10-21-3)15(18-14)12-7-4-5-8-13(12)17/h4-5,7-8,11,14-15,18H,6,9-10H2,1-3H3. The molecule has 2 atom stereocenters. The highest BCUT2D eigenvalue weighted by molar-refractivity contribution is 7.98. The van der Waals surface area contributed by atoms with Gasteiger partial charge in [0.1, 0.15) is 12.0 Å². The van der Waals surface area contributed by atoms with Crippen molar-refractivity contribution in [1.82, 2.24) is 10.2 Å². The quantitative estimate of drug-likeness (QED) is 0.820. The lowest BCUT2D eigenvalue weighted by Crippen LogP contribution is -2.35. The van der Waals surface area contributed by atoms with Gasteiger partial charge in [-0.1, -0.05) is 32.0 Å². The smallest absolute Gasteiger partial charge is 0.241 e. The van der Waals surface area contributed by atoms with Crippen LogP contribution in [0, 0.1) is 11.7 Å². The summed E-state index contributed by atoms with van der Waals surface area (Å²) in [5.41, 5.74) is 0.554. The van der Waals surface area contributed by atoms with Crippen molar-refractivity contribution in [3.8, 4) is 0 Å². The molecule has 0 saturated carbocycles. The third-order valence-corrected chi connectivity index (χ3v) is 4.51. The van der Waals surface area contributed by atoms with Crippen molar-refractivity contribution in [2.75, 3.05) is 18.6 Å². The molecule has 1 N–H and O–H groups in total. The summed E-state index contributed by atoms with van der Waals surface area (Å²) in [7, 11) is 0. The van der Waals surface area contributed by atoms with Crippen molar-refractivity contribution in [2.24, 2.45) is 5.92 Å². The molecule has 21 heavy (non-hydrogen) atoms. The third kappa shape index (κ3) is 3.58. The molecule has 1 aromatic rings. The molecule has 2 unspecified atom stereocenters. The largest absolute Gasteiger partial charge is 0.321 e. The Bertz CT molecular complexity index is 495. The Morgan fingerprint density at radius 1 is 1.38 bits per heavy atom. The van der Waals surface area contributed by atoms with E-state index in [9.17, 15) is 9.18 Å². The molecule has 1 amide bonds. The van der Waals surface area contributed by atoms with Crippen molar-refractivity contribution < 1.29 is 9.18 Å². The molecule has 0 aromatic heterocycles. The van der Waals surface area contributed by atoms with E-state index in [0.717, 1.165) is 12.2 Å². The van der Waals surface area contributed by atoms with Crippen LogP contribution < -0.4 is 5.32 Å². The van der Waals surface area contributed by atoms with Crippen LogP contribution in [0.15, 0.2) is 24.3 Å². The Balaban J connectivity index is 2.23. The van der Waals surface area contributed by atoms with Crippen LogP contribution >= 0.6 is 11.8 Å². The minimum absolute atomic E-state index is 0.0827. The van der Waals surface area contributed by atoms with E-state index in [4.69, 9.17) is 0 Å². The second-order valence-corrected chi connectivity index (χ2v) is 6.68. The van der Waals surface area contributed by atoms with E-state index in [0.29, 0.717) is 12.1 Å². The van der Waals surface area contributed by atoms with E-state index in [1.54, 1.807) is 28.8 Å². The molecule has 116 valence electrons. The molecule has 1 saturated heterocycles. The number of hydrogen-bond donors (Lipinski definition) is 1. The summed E-state index contributed by atoms with van der Waals surface area (Å²) >= 11 is 1.76. The summed E-state index contributed by atoms with van der Waals surface area (Å²) in [6, 6.07) is 6.46. The van der Waals surface area contributed by atoms with Crippen LogP contribution in [-0.2, 0) is 4.79 Å². The highest BCUT2D eigenvalue weighted by Gasteiger charge is 2.41. The van der Waals surface area contributed by atoms with Crippen molar-refractivity contribution in [2.45, 2.75) is 32.5 Å². The zero-order valence-electron chi connectivity index (χ0n) is 12.8. The van der Waals surface area contributed by atoms with Gasteiger partial charge in [0, 0.05) is 12.1 Å². The first-order valence-corrected chi connectivity index (χ1v) is 8.75. The van der Waals surface area contributed by atoms with Gasteiger partial charge in [-0.3, -0.25) is 10.1 Å². The minimum atomic E-state index is -0.354. The lowest BCUT2D eigenvalue weighted by Gasteiger charge is -2.24. The fraction of sp³-hybridized carbons (Fsp3) is 0.562. The fourth-order valence-electron chi connectivity index (χ4n) is 2.69. The normalized spacial score (nSPS) is 22.3. The molecule has 1 heterocycles. The summed E-state index contributed by atoms with van der Waals surface area (Å²) < 4.78 is 14.1. The van der Waals surface area contributed by atoms with E-state index in [-0.39, 0.29) is 29.8 Å². The number of benzene rings is 1. The lowest BCUT2D eigenvalue weighted by molar-refractivity contribution is -0.130. The van der Waals surface area contributed by atoms with Crippen molar-refractivity contribution in [3.63, 3.8) is 0 Å². The van der Waals surface area contributed by atoms with E-state index in [1.165, 1.54) is 6.07 Å². The number of hydrogen-bond acceptors (Lipinski definition) is 3. The third-order valence-electron chi connectivity index (χ3n) is 3.81. The van der Waals surface area contributed by atoms with Crippen LogP contribution in [0.2, 0.25) is 0 Å². The van der Waals surface area contributed by atoms with Crippen LogP contribution in [0.25, 0.3) is 0 Å². The maximum atomic E-state index is 14.1. The average molecular weight is 310 g/mol. The molecule has 1 aliphatic rings. The number of amides is 1. The number of nitrogens with one attached hydrogen (secondary N) is 1. The first-order chi connectivity index (χ1) is 10.1. The van der Waals surface area contributed by atoms with Gasteiger partial charge < -0.3 is 4.90 Å². The van der Waals surface area contributed by atoms with Crippen molar-refractivity contribution in [3.05, 3.63) is 35.6 Å². The second kappa shape index (κ2) is 7.27. The van der Waals surface area contributed by atoms with E-state index >= 15 is 0 Å². The summed E-state index contributed by atoms with van der Waals surface area (Å²) in [5, 5.41) is 3.30. The molecular weight excluding hydrogens is 287 g/mol. The molecule has 2 rings (SSSR count). The van der Waals surface area contributed by atoms with Crippen LogP contribution in [0.3, 0.4) is 0 Å². The number of rotatable bonds is 6. The first kappa shape index (κ1) is 16.3. The Morgan fingerprint density at radius 3 is 2.71 bits per heavy atom. The van der Waals surface area contributed by atoms with Crippen LogP contribution in [0.5, 0.6) is 0 Å². The average Bonchev–Trinajstić information content (AvgIpc) is 2.77. The van der Waals surface area contributed by atoms with Crippen LogP contribution in [0.1, 0.15) is 32.0 Å². The maximum Gasteiger partial charge on any atom is 0.241 e. The highest BCUT2D eigenvalue weighted by atomic mass is 32.2. The highest BCUT2D eigenvalue weighted by Crippen LogP contribution is 2.29. The first-order valence-electron chi connectivity index (χ1n) is 7.36. The summed E-state index contributed by atoms with van der Waals surface area (Å²) in [5.74, 6) is 1.01. The molecule has 1 aromatic carbocycles. The fourth-order valence-corrected chi connectivity index (χ4v) is 3.11. The van der Waals surface area contributed by atoms with E-state index in [2.05, 4.69) is 11.6 Å². The number of nitrogens with zero attached hydrogens (tertiary/aromatic N) is 1. The molecule has 0 bridgehead atoms.